The van der Waals surface area contributed by atoms with Crippen molar-refractivity contribution in [1.82, 2.24) is 20.1 Å². The standard InChI is InChI=1S/C20H23N5S/c1-13-19(16-3-4-18-15(11-16)7-10-26-18)22-23-20(21-13)25-9-6-14-5-8-24(2)12-17(14)25/h3-4,7,10-11,14,17H,5-6,8-9,12H2,1-2H3/t14-,17-/m0/s1. The third-order valence-electron chi connectivity index (χ3n) is 5.90. The molecule has 0 spiro atoms. The number of hydrogen-bond donors (Lipinski definition) is 0. The van der Waals surface area contributed by atoms with Gasteiger partial charge in [-0.15, -0.1) is 21.5 Å². The zero-order valence-corrected chi connectivity index (χ0v) is 16.0. The lowest BCUT2D eigenvalue weighted by Gasteiger charge is -2.36. The molecular formula is C20H23N5S. The van der Waals surface area contributed by atoms with Crippen molar-refractivity contribution in [3.05, 3.63) is 35.3 Å². The largest absolute Gasteiger partial charge is 0.335 e. The highest BCUT2D eigenvalue weighted by Crippen LogP contribution is 2.34. The Morgan fingerprint density at radius 2 is 2.00 bits per heavy atom. The number of piperidine rings is 1. The van der Waals surface area contributed by atoms with E-state index in [2.05, 4.69) is 56.7 Å². The molecule has 2 saturated heterocycles. The van der Waals surface area contributed by atoms with Crippen LogP contribution in [0.3, 0.4) is 0 Å². The first-order valence-corrected chi connectivity index (χ1v) is 10.2. The maximum absolute atomic E-state index is 4.85. The summed E-state index contributed by atoms with van der Waals surface area (Å²) in [4.78, 5) is 9.65. The molecule has 2 aromatic heterocycles. The minimum Gasteiger partial charge on any atom is -0.335 e. The molecule has 3 aromatic rings. The van der Waals surface area contributed by atoms with Crippen LogP contribution in [0.4, 0.5) is 5.95 Å². The fraction of sp³-hybridized carbons (Fsp3) is 0.450. The molecule has 2 atom stereocenters. The Morgan fingerprint density at radius 3 is 2.88 bits per heavy atom. The van der Waals surface area contributed by atoms with E-state index in [1.54, 1.807) is 11.3 Å². The van der Waals surface area contributed by atoms with Gasteiger partial charge in [0.05, 0.1) is 5.69 Å². The summed E-state index contributed by atoms with van der Waals surface area (Å²) < 4.78 is 1.30. The van der Waals surface area contributed by atoms with Crippen molar-refractivity contribution in [2.75, 3.05) is 31.6 Å². The van der Waals surface area contributed by atoms with Crippen molar-refractivity contribution in [1.29, 1.82) is 0 Å². The second kappa shape index (κ2) is 6.28. The van der Waals surface area contributed by atoms with Crippen LogP contribution in [0.15, 0.2) is 29.6 Å². The van der Waals surface area contributed by atoms with Crippen molar-refractivity contribution in [3.63, 3.8) is 0 Å². The molecule has 5 rings (SSSR count). The second-order valence-electron chi connectivity index (χ2n) is 7.58. The number of hydrogen-bond acceptors (Lipinski definition) is 6. The molecule has 134 valence electrons. The summed E-state index contributed by atoms with van der Waals surface area (Å²) >= 11 is 1.76. The number of thiophene rings is 1. The summed E-state index contributed by atoms with van der Waals surface area (Å²) in [6, 6.07) is 9.15. The van der Waals surface area contributed by atoms with Crippen molar-refractivity contribution in [2.45, 2.75) is 25.8 Å². The molecule has 5 nitrogen and oxygen atoms in total. The van der Waals surface area contributed by atoms with Gasteiger partial charge in [0.2, 0.25) is 5.95 Å². The SMILES string of the molecule is Cc1nc(N2CC[C@@H]3CCN(C)C[C@@H]32)nnc1-c1ccc2sccc2c1. The van der Waals surface area contributed by atoms with Gasteiger partial charge in [-0.1, -0.05) is 6.07 Å². The van der Waals surface area contributed by atoms with Gasteiger partial charge in [0, 0.05) is 29.4 Å². The highest BCUT2D eigenvalue weighted by Gasteiger charge is 2.38. The highest BCUT2D eigenvalue weighted by atomic mass is 32.1. The van der Waals surface area contributed by atoms with Crippen LogP contribution >= 0.6 is 11.3 Å². The average Bonchev–Trinajstić information content (AvgIpc) is 3.27. The maximum atomic E-state index is 4.85. The summed E-state index contributed by atoms with van der Waals surface area (Å²) in [5.74, 6) is 1.57. The van der Waals surface area contributed by atoms with Gasteiger partial charge in [-0.2, -0.15) is 0 Å². The Labute approximate surface area is 157 Å². The smallest absolute Gasteiger partial charge is 0.245 e. The van der Waals surface area contributed by atoms with Gasteiger partial charge in [0.1, 0.15) is 5.69 Å². The van der Waals surface area contributed by atoms with E-state index >= 15 is 0 Å². The first kappa shape index (κ1) is 16.1. The molecule has 2 fully saturated rings. The molecule has 6 heteroatoms. The van der Waals surface area contributed by atoms with Crippen LogP contribution in [0.25, 0.3) is 21.3 Å². The van der Waals surface area contributed by atoms with E-state index in [0.717, 1.165) is 41.9 Å². The molecule has 0 bridgehead atoms. The number of aryl methyl sites for hydroxylation is 1. The molecule has 4 heterocycles. The van der Waals surface area contributed by atoms with Crippen molar-refractivity contribution >= 4 is 27.4 Å². The van der Waals surface area contributed by atoms with Gasteiger partial charge in [0.15, 0.2) is 0 Å². The Bertz CT molecular complexity index is 952. The van der Waals surface area contributed by atoms with Gasteiger partial charge >= 0.3 is 0 Å². The number of nitrogens with zero attached hydrogens (tertiary/aromatic N) is 5. The quantitative estimate of drug-likeness (QED) is 0.694. The lowest BCUT2D eigenvalue weighted by molar-refractivity contribution is 0.207. The van der Waals surface area contributed by atoms with Crippen LogP contribution in [0.2, 0.25) is 0 Å². The van der Waals surface area contributed by atoms with Gasteiger partial charge in [-0.25, -0.2) is 4.98 Å². The highest BCUT2D eigenvalue weighted by molar-refractivity contribution is 7.17. The van der Waals surface area contributed by atoms with E-state index in [-0.39, 0.29) is 0 Å². The van der Waals surface area contributed by atoms with Crippen LogP contribution in [-0.4, -0.2) is 52.8 Å². The number of likely N-dealkylation sites (tertiary alicyclic amines) is 1. The molecule has 2 aliphatic heterocycles. The zero-order valence-electron chi connectivity index (χ0n) is 15.2. The molecular weight excluding hydrogens is 342 g/mol. The molecule has 0 aliphatic carbocycles. The van der Waals surface area contributed by atoms with Crippen molar-refractivity contribution in [2.24, 2.45) is 5.92 Å². The van der Waals surface area contributed by atoms with E-state index in [1.165, 1.54) is 29.5 Å². The summed E-state index contributed by atoms with van der Waals surface area (Å²) in [6.45, 7) is 5.40. The van der Waals surface area contributed by atoms with Gasteiger partial charge in [-0.3, -0.25) is 0 Å². The summed E-state index contributed by atoms with van der Waals surface area (Å²) in [5.41, 5.74) is 2.94. The summed E-state index contributed by atoms with van der Waals surface area (Å²) in [7, 11) is 2.21. The molecule has 0 amide bonds. The topological polar surface area (TPSA) is 45.2 Å². The van der Waals surface area contributed by atoms with Gasteiger partial charge in [0.25, 0.3) is 0 Å². The van der Waals surface area contributed by atoms with Crippen molar-refractivity contribution in [3.8, 4) is 11.3 Å². The van der Waals surface area contributed by atoms with E-state index in [4.69, 9.17) is 4.98 Å². The Balaban J connectivity index is 1.46. The molecule has 2 aliphatic rings. The lowest BCUT2D eigenvalue weighted by atomic mass is 9.92. The number of benzene rings is 1. The molecule has 0 unspecified atom stereocenters. The van der Waals surface area contributed by atoms with E-state index < -0.39 is 0 Å². The normalized spacial score (nSPS) is 23.5. The first-order valence-electron chi connectivity index (χ1n) is 9.33. The fourth-order valence-electron chi connectivity index (χ4n) is 4.44. The third-order valence-corrected chi connectivity index (χ3v) is 6.80. The molecule has 1 aromatic carbocycles. The number of likely N-dealkylation sites (N-methyl/N-ethyl adjacent to an activating group) is 1. The predicted octanol–water partition coefficient (Wildman–Crippen LogP) is 3.59. The third kappa shape index (κ3) is 2.68. The predicted molar refractivity (Wildman–Crippen MR) is 107 cm³/mol. The van der Waals surface area contributed by atoms with E-state index in [0.29, 0.717) is 6.04 Å². The maximum Gasteiger partial charge on any atom is 0.245 e. The van der Waals surface area contributed by atoms with E-state index in [1.807, 2.05) is 6.92 Å². The number of fused-ring (bicyclic) bond motifs is 2. The molecule has 0 N–H and O–H groups in total. The average molecular weight is 366 g/mol. The second-order valence-corrected chi connectivity index (χ2v) is 8.53. The summed E-state index contributed by atoms with van der Waals surface area (Å²) in [6.07, 6.45) is 2.53. The van der Waals surface area contributed by atoms with Crippen LogP contribution in [-0.2, 0) is 0 Å². The summed E-state index contributed by atoms with van der Waals surface area (Å²) in [5, 5.41) is 12.5. The Morgan fingerprint density at radius 1 is 1.12 bits per heavy atom. The zero-order chi connectivity index (χ0) is 17.7. The van der Waals surface area contributed by atoms with Crippen LogP contribution in [0.1, 0.15) is 18.5 Å². The first-order chi connectivity index (χ1) is 12.7. The Hall–Kier alpha value is -2.05. The lowest BCUT2D eigenvalue weighted by Crippen LogP contribution is -2.47. The molecule has 0 radical (unpaired) electrons. The number of rotatable bonds is 2. The number of aromatic nitrogens is 3. The molecule has 0 saturated carbocycles. The van der Waals surface area contributed by atoms with Crippen LogP contribution in [0.5, 0.6) is 0 Å². The van der Waals surface area contributed by atoms with Crippen LogP contribution in [0, 0.1) is 12.8 Å². The minimum absolute atomic E-state index is 0.531. The monoisotopic (exact) mass is 365 g/mol. The van der Waals surface area contributed by atoms with Crippen molar-refractivity contribution < 1.29 is 0 Å². The fourth-order valence-corrected chi connectivity index (χ4v) is 5.21. The molecule has 26 heavy (non-hydrogen) atoms. The number of anilines is 1. The minimum atomic E-state index is 0.531. The van der Waals surface area contributed by atoms with Gasteiger partial charge in [-0.05, 0) is 68.2 Å². The van der Waals surface area contributed by atoms with Crippen LogP contribution < -0.4 is 4.90 Å². The van der Waals surface area contributed by atoms with Gasteiger partial charge < -0.3 is 9.80 Å². The Kier molecular flexibility index (Phi) is 3.90. The van der Waals surface area contributed by atoms with E-state index in [9.17, 15) is 0 Å².